The Morgan fingerprint density at radius 3 is 2.56 bits per heavy atom. The summed E-state index contributed by atoms with van der Waals surface area (Å²) in [5.74, 6) is -1.22. The van der Waals surface area contributed by atoms with Crippen LogP contribution in [0.1, 0.15) is 32.4 Å². The maximum absolute atomic E-state index is 12.4. The molecule has 1 aromatic carbocycles. The molecule has 2 rings (SSSR count). The molecule has 7 nitrogen and oxygen atoms in total. The zero-order valence-electron chi connectivity index (χ0n) is 14.8. The smallest absolute Gasteiger partial charge is 0.246 e. The summed E-state index contributed by atoms with van der Waals surface area (Å²) in [6.07, 6.45) is 0.185. The van der Waals surface area contributed by atoms with Gasteiger partial charge in [0, 0.05) is 42.2 Å². The Kier molecular flexibility index (Phi) is 5.80. The second-order valence-corrected chi connectivity index (χ2v) is 6.05. The van der Waals surface area contributed by atoms with Crippen LogP contribution < -0.4 is 16.4 Å². The summed E-state index contributed by atoms with van der Waals surface area (Å²) in [6, 6.07) is 6.93. The summed E-state index contributed by atoms with van der Waals surface area (Å²) >= 11 is 0. The molecule has 1 aromatic heterocycles. The van der Waals surface area contributed by atoms with Crippen molar-refractivity contribution in [3.05, 3.63) is 30.0 Å². The van der Waals surface area contributed by atoms with Gasteiger partial charge < -0.3 is 20.9 Å². The van der Waals surface area contributed by atoms with Crippen LogP contribution in [0, 0.1) is 6.92 Å². The molecule has 2 aromatic rings. The van der Waals surface area contributed by atoms with Crippen LogP contribution in [-0.2, 0) is 20.9 Å². The molecule has 1 atom stereocenters. The predicted molar refractivity (Wildman–Crippen MR) is 97.0 cm³/mol. The van der Waals surface area contributed by atoms with Crippen LogP contribution >= 0.6 is 0 Å². The number of carbonyl (C=O) groups excluding carboxylic acids is 3. The van der Waals surface area contributed by atoms with Crippen LogP contribution in [-0.4, -0.2) is 28.3 Å². The largest absolute Gasteiger partial charge is 0.370 e. The molecule has 0 aliphatic rings. The third-order valence-corrected chi connectivity index (χ3v) is 4.07. The number of hydrogen-bond donors (Lipinski definition) is 3. The first-order valence-electron chi connectivity index (χ1n) is 8.28. The van der Waals surface area contributed by atoms with Gasteiger partial charge in [-0.3, -0.25) is 14.4 Å². The average Bonchev–Trinajstić information content (AvgIpc) is 2.85. The SMILES string of the molecule is CCn1c(C)cc2cc(NC(=O)[C@H](CCC(N)=O)NC(C)=O)ccc21. The van der Waals surface area contributed by atoms with Gasteiger partial charge in [0.2, 0.25) is 17.7 Å². The zero-order valence-corrected chi connectivity index (χ0v) is 14.8. The van der Waals surface area contributed by atoms with Gasteiger partial charge in [-0.05, 0) is 44.5 Å². The standard InChI is InChI=1S/C18H24N4O3/c1-4-22-11(2)9-13-10-14(5-7-16(13)22)21-18(25)15(20-12(3)23)6-8-17(19)24/h5,7,9-10,15H,4,6,8H2,1-3H3,(H2,19,24)(H,20,23)(H,21,25)/t15-/m0/s1. The first-order valence-corrected chi connectivity index (χ1v) is 8.28. The minimum absolute atomic E-state index is 0.0238. The van der Waals surface area contributed by atoms with Crippen molar-refractivity contribution in [3.63, 3.8) is 0 Å². The van der Waals surface area contributed by atoms with Gasteiger partial charge in [-0.15, -0.1) is 0 Å². The van der Waals surface area contributed by atoms with Crippen molar-refractivity contribution in [1.82, 2.24) is 9.88 Å². The van der Waals surface area contributed by atoms with E-state index in [1.165, 1.54) is 6.92 Å². The first-order chi connectivity index (χ1) is 11.8. The molecule has 1 heterocycles. The summed E-state index contributed by atoms with van der Waals surface area (Å²) in [6.45, 7) is 6.32. The Hall–Kier alpha value is -2.83. The Balaban J connectivity index is 2.17. The molecule has 0 bridgehead atoms. The molecule has 0 fully saturated rings. The number of aromatic nitrogens is 1. The lowest BCUT2D eigenvalue weighted by atomic mass is 10.1. The minimum atomic E-state index is -0.803. The summed E-state index contributed by atoms with van der Waals surface area (Å²) in [5.41, 5.74) is 8.02. The van der Waals surface area contributed by atoms with Gasteiger partial charge in [0.1, 0.15) is 6.04 Å². The zero-order chi connectivity index (χ0) is 18.6. The quantitative estimate of drug-likeness (QED) is 0.711. The number of anilines is 1. The Bertz CT molecular complexity index is 810. The molecule has 0 unspecified atom stereocenters. The third kappa shape index (κ3) is 4.59. The van der Waals surface area contributed by atoms with Gasteiger partial charge in [-0.2, -0.15) is 0 Å². The fourth-order valence-corrected chi connectivity index (χ4v) is 2.94. The molecule has 0 spiro atoms. The molecular formula is C18H24N4O3. The molecular weight excluding hydrogens is 320 g/mol. The van der Waals surface area contributed by atoms with Gasteiger partial charge in [-0.25, -0.2) is 0 Å². The van der Waals surface area contributed by atoms with E-state index in [0.717, 1.165) is 23.1 Å². The fourth-order valence-electron chi connectivity index (χ4n) is 2.94. The Labute approximate surface area is 146 Å². The van der Waals surface area contributed by atoms with Gasteiger partial charge in [-0.1, -0.05) is 0 Å². The molecule has 0 radical (unpaired) electrons. The van der Waals surface area contributed by atoms with Gasteiger partial charge in [0.05, 0.1) is 0 Å². The minimum Gasteiger partial charge on any atom is -0.370 e. The number of primary amides is 1. The highest BCUT2D eigenvalue weighted by molar-refractivity contribution is 5.99. The molecule has 0 aliphatic carbocycles. The number of benzene rings is 1. The van der Waals surface area contributed by atoms with Gasteiger partial charge in [0.25, 0.3) is 0 Å². The number of nitrogens with one attached hydrogen (secondary N) is 2. The number of fused-ring (bicyclic) bond motifs is 1. The third-order valence-electron chi connectivity index (χ3n) is 4.07. The summed E-state index contributed by atoms with van der Waals surface area (Å²) in [5, 5.41) is 6.38. The van der Waals surface area contributed by atoms with Crippen molar-refractivity contribution in [3.8, 4) is 0 Å². The Morgan fingerprint density at radius 2 is 1.96 bits per heavy atom. The van der Waals surface area contributed by atoms with Crippen LogP contribution in [0.4, 0.5) is 5.69 Å². The molecule has 0 saturated heterocycles. The summed E-state index contributed by atoms with van der Waals surface area (Å²) < 4.78 is 2.19. The lowest BCUT2D eigenvalue weighted by Crippen LogP contribution is -2.43. The molecule has 7 heteroatoms. The number of amides is 3. The van der Waals surface area contributed by atoms with E-state index < -0.39 is 11.9 Å². The number of carbonyl (C=O) groups is 3. The van der Waals surface area contributed by atoms with E-state index in [1.807, 2.05) is 25.1 Å². The van der Waals surface area contributed by atoms with Crippen LogP contribution in [0.15, 0.2) is 24.3 Å². The van der Waals surface area contributed by atoms with E-state index in [2.05, 4.69) is 28.2 Å². The van der Waals surface area contributed by atoms with E-state index in [1.54, 1.807) is 0 Å². The highest BCUT2D eigenvalue weighted by atomic mass is 16.2. The number of rotatable bonds is 7. The van der Waals surface area contributed by atoms with Crippen LogP contribution in [0.2, 0.25) is 0 Å². The van der Waals surface area contributed by atoms with Crippen LogP contribution in [0.25, 0.3) is 10.9 Å². The molecule has 0 aliphatic heterocycles. The molecule has 4 N–H and O–H groups in total. The number of hydrogen-bond acceptors (Lipinski definition) is 3. The van der Waals surface area contributed by atoms with Crippen LogP contribution in [0.5, 0.6) is 0 Å². The van der Waals surface area contributed by atoms with E-state index in [-0.39, 0.29) is 24.7 Å². The van der Waals surface area contributed by atoms with E-state index in [4.69, 9.17) is 5.73 Å². The summed E-state index contributed by atoms with van der Waals surface area (Å²) in [4.78, 5) is 34.7. The second-order valence-electron chi connectivity index (χ2n) is 6.05. The van der Waals surface area contributed by atoms with Gasteiger partial charge >= 0.3 is 0 Å². The van der Waals surface area contributed by atoms with E-state index in [9.17, 15) is 14.4 Å². The summed E-state index contributed by atoms with van der Waals surface area (Å²) in [7, 11) is 0. The molecule has 134 valence electrons. The van der Waals surface area contributed by atoms with Gasteiger partial charge in [0.15, 0.2) is 0 Å². The highest BCUT2D eigenvalue weighted by Crippen LogP contribution is 2.23. The second kappa shape index (κ2) is 7.83. The lowest BCUT2D eigenvalue weighted by Gasteiger charge is -2.17. The van der Waals surface area contributed by atoms with Crippen molar-refractivity contribution in [2.45, 2.75) is 46.2 Å². The number of nitrogens with zero attached hydrogens (tertiary/aromatic N) is 1. The molecule has 25 heavy (non-hydrogen) atoms. The number of aryl methyl sites for hydroxylation is 2. The lowest BCUT2D eigenvalue weighted by molar-refractivity contribution is -0.126. The number of nitrogens with two attached hydrogens (primary N) is 1. The monoisotopic (exact) mass is 344 g/mol. The van der Waals surface area contributed by atoms with Crippen molar-refractivity contribution in [2.24, 2.45) is 5.73 Å². The molecule has 0 saturated carbocycles. The van der Waals surface area contributed by atoms with Crippen molar-refractivity contribution >= 4 is 34.3 Å². The van der Waals surface area contributed by atoms with Crippen LogP contribution in [0.3, 0.4) is 0 Å². The maximum Gasteiger partial charge on any atom is 0.246 e. The topological polar surface area (TPSA) is 106 Å². The van der Waals surface area contributed by atoms with E-state index >= 15 is 0 Å². The first kappa shape index (κ1) is 18.5. The fraction of sp³-hybridized carbons (Fsp3) is 0.389. The van der Waals surface area contributed by atoms with Crippen molar-refractivity contribution in [2.75, 3.05) is 5.32 Å². The highest BCUT2D eigenvalue weighted by Gasteiger charge is 2.20. The average molecular weight is 344 g/mol. The normalized spacial score (nSPS) is 12.0. The van der Waals surface area contributed by atoms with Crippen molar-refractivity contribution < 1.29 is 14.4 Å². The Morgan fingerprint density at radius 1 is 1.24 bits per heavy atom. The van der Waals surface area contributed by atoms with Crippen molar-refractivity contribution in [1.29, 1.82) is 0 Å². The molecule has 3 amide bonds. The van der Waals surface area contributed by atoms with E-state index in [0.29, 0.717) is 5.69 Å². The maximum atomic E-state index is 12.4. The predicted octanol–water partition coefficient (Wildman–Crippen LogP) is 1.68.